The van der Waals surface area contributed by atoms with E-state index < -0.39 is 5.54 Å². The van der Waals surface area contributed by atoms with E-state index in [9.17, 15) is 9.59 Å². The van der Waals surface area contributed by atoms with Crippen LogP contribution in [-0.4, -0.2) is 59.5 Å². The lowest BCUT2D eigenvalue weighted by Gasteiger charge is -2.44. The molecule has 1 rings (SSSR count). The Kier molecular flexibility index (Phi) is 4.05. The van der Waals surface area contributed by atoms with Crippen LogP contribution in [-0.2, 0) is 14.3 Å². The molecule has 1 aliphatic rings. The zero-order valence-electron chi connectivity index (χ0n) is 12.2. The van der Waals surface area contributed by atoms with Crippen LogP contribution in [0.5, 0.6) is 0 Å². The Morgan fingerprint density at radius 3 is 2.39 bits per heavy atom. The van der Waals surface area contributed by atoms with E-state index in [1.54, 1.807) is 30.7 Å². The number of rotatable bonds is 2. The lowest BCUT2D eigenvalue weighted by Crippen LogP contribution is -2.64. The second-order valence-electron chi connectivity index (χ2n) is 6.23. The van der Waals surface area contributed by atoms with Crippen molar-refractivity contribution in [3.8, 4) is 0 Å². The molecule has 104 valence electrons. The maximum absolute atomic E-state index is 12.1. The Morgan fingerprint density at radius 2 is 1.89 bits per heavy atom. The first-order valence-corrected chi connectivity index (χ1v) is 6.26. The van der Waals surface area contributed by atoms with Crippen LogP contribution in [0.15, 0.2) is 0 Å². The number of hydrogen-bond donors (Lipinski definition) is 0. The fourth-order valence-electron chi connectivity index (χ4n) is 2.01. The summed E-state index contributed by atoms with van der Waals surface area (Å²) >= 11 is 0. The Labute approximate surface area is 109 Å². The molecule has 1 aliphatic heterocycles. The van der Waals surface area contributed by atoms with Crippen molar-refractivity contribution in [2.45, 2.75) is 45.8 Å². The molecule has 0 saturated carbocycles. The van der Waals surface area contributed by atoms with Crippen LogP contribution in [0.25, 0.3) is 0 Å². The van der Waals surface area contributed by atoms with Gasteiger partial charge in [0.1, 0.15) is 12.1 Å². The summed E-state index contributed by atoms with van der Waals surface area (Å²) in [5.74, 6) is -0.158. The standard InChI is InChI=1S/C13H24N2O3/c1-12(2,3)18-9-10(16)15-8-7-14(6)11(17)13(15,4)5/h7-9H2,1-6H3. The minimum absolute atomic E-state index is 0.0178. The van der Waals surface area contributed by atoms with E-state index in [1.807, 2.05) is 20.8 Å². The molecule has 1 fully saturated rings. The first-order valence-electron chi connectivity index (χ1n) is 6.26. The molecular weight excluding hydrogens is 232 g/mol. The Morgan fingerprint density at radius 1 is 1.33 bits per heavy atom. The van der Waals surface area contributed by atoms with Crippen molar-refractivity contribution >= 4 is 11.8 Å². The first kappa shape index (κ1) is 15.0. The van der Waals surface area contributed by atoms with Gasteiger partial charge in [-0.3, -0.25) is 9.59 Å². The summed E-state index contributed by atoms with van der Waals surface area (Å²) in [5.41, 5.74) is -1.14. The first-order chi connectivity index (χ1) is 8.05. The fraction of sp³-hybridized carbons (Fsp3) is 0.846. The number of likely N-dealkylation sites (N-methyl/N-ethyl adjacent to an activating group) is 1. The van der Waals surface area contributed by atoms with Gasteiger partial charge in [-0.05, 0) is 34.6 Å². The SMILES string of the molecule is CN1CCN(C(=O)COC(C)(C)C)C(C)(C)C1=O. The lowest BCUT2D eigenvalue weighted by molar-refractivity contribution is -0.161. The van der Waals surface area contributed by atoms with Gasteiger partial charge in [0.25, 0.3) is 0 Å². The number of amides is 2. The molecule has 5 nitrogen and oxygen atoms in total. The van der Waals surface area contributed by atoms with Crippen LogP contribution in [0.2, 0.25) is 0 Å². The van der Waals surface area contributed by atoms with Gasteiger partial charge >= 0.3 is 0 Å². The highest BCUT2D eigenvalue weighted by Gasteiger charge is 2.42. The van der Waals surface area contributed by atoms with E-state index in [0.717, 1.165) is 0 Å². The van der Waals surface area contributed by atoms with E-state index in [0.29, 0.717) is 13.1 Å². The van der Waals surface area contributed by atoms with Crippen molar-refractivity contribution in [2.75, 3.05) is 26.7 Å². The number of carbonyl (C=O) groups excluding carboxylic acids is 2. The van der Waals surface area contributed by atoms with E-state index >= 15 is 0 Å². The van der Waals surface area contributed by atoms with Gasteiger partial charge in [0.15, 0.2) is 0 Å². The molecule has 18 heavy (non-hydrogen) atoms. The Hall–Kier alpha value is -1.10. The highest BCUT2D eigenvalue weighted by atomic mass is 16.5. The summed E-state index contributed by atoms with van der Waals surface area (Å²) in [7, 11) is 1.76. The monoisotopic (exact) mass is 256 g/mol. The maximum Gasteiger partial charge on any atom is 0.249 e. The minimum atomic E-state index is -0.786. The number of ether oxygens (including phenoxy) is 1. The van der Waals surface area contributed by atoms with Crippen molar-refractivity contribution in [3.05, 3.63) is 0 Å². The molecule has 1 saturated heterocycles. The molecule has 1 heterocycles. The molecule has 0 aromatic heterocycles. The third-order valence-electron chi connectivity index (χ3n) is 3.13. The molecule has 0 spiro atoms. The third-order valence-corrected chi connectivity index (χ3v) is 3.13. The number of hydrogen-bond acceptors (Lipinski definition) is 3. The van der Waals surface area contributed by atoms with Crippen LogP contribution < -0.4 is 0 Å². The smallest absolute Gasteiger partial charge is 0.249 e. The van der Waals surface area contributed by atoms with Crippen LogP contribution in [0.4, 0.5) is 0 Å². The van der Waals surface area contributed by atoms with Gasteiger partial charge < -0.3 is 14.5 Å². The fourth-order valence-corrected chi connectivity index (χ4v) is 2.01. The highest BCUT2D eigenvalue weighted by molar-refractivity contribution is 5.92. The Bertz CT molecular complexity index is 345. The van der Waals surface area contributed by atoms with Crippen molar-refractivity contribution in [1.29, 1.82) is 0 Å². The number of carbonyl (C=O) groups is 2. The molecule has 2 amide bonds. The predicted octanol–water partition coefficient (Wildman–Crippen LogP) is 0.881. The molecule has 0 N–H and O–H groups in total. The second-order valence-corrected chi connectivity index (χ2v) is 6.23. The Balaban J connectivity index is 2.71. The molecular formula is C13H24N2O3. The quantitative estimate of drug-likeness (QED) is 0.737. The molecule has 5 heteroatoms. The predicted molar refractivity (Wildman–Crippen MR) is 69.1 cm³/mol. The zero-order valence-corrected chi connectivity index (χ0v) is 12.2. The van der Waals surface area contributed by atoms with Gasteiger partial charge in [-0.15, -0.1) is 0 Å². The van der Waals surface area contributed by atoms with E-state index in [2.05, 4.69) is 0 Å². The normalized spacial score (nSPS) is 20.2. The largest absolute Gasteiger partial charge is 0.366 e. The molecule has 0 aromatic carbocycles. The molecule has 0 aliphatic carbocycles. The van der Waals surface area contributed by atoms with Crippen molar-refractivity contribution in [3.63, 3.8) is 0 Å². The summed E-state index contributed by atoms with van der Waals surface area (Å²) in [6, 6.07) is 0. The van der Waals surface area contributed by atoms with Crippen molar-refractivity contribution < 1.29 is 14.3 Å². The van der Waals surface area contributed by atoms with Crippen LogP contribution in [0.1, 0.15) is 34.6 Å². The third kappa shape index (κ3) is 3.22. The van der Waals surface area contributed by atoms with Gasteiger partial charge in [0.05, 0.1) is 5.60 Å². The second kappa shape index (κ2) is 4.88. The average molecular weight is 256 g/mol. The maximum atomic E-state index is 12.1. The average Bonchev–Trinajstić information content (AvgIpc) is 2.22. The van der Waals surface area contributed by atoms with Crippen LogP contribution in [0.3, 0.4) is 0 Å². The van der Waals surface area contributed by atoms with E-state index in [-0.39, 0.29) is 24.0 Å². The number of piperazine rings is 1. The van der Waals surface area contributed by atoms with Gasteiger partial charge in [0, 0.05) is 20.1 Å². The molecule has 0 atom stereocenters. The molecule has 0 unspecified atom stereocenters. The van der Waals surface area contributed by atoms with Gasteiger partial charge in [-0.2, -0.15) is 0 Å². The van der Waals surface area contributed by atoms with Gasteiger partial charge in [-0.25, -0.2) is 0 Å². The summed E-state index contributed by atoms with van der Waals surface area (Å²) < 4.78 is 5.48. The van der Waals surface area contributed by atoms with Gasteiger partial charge in [-0.1, -0.05) is 0 Å². The summed E-state index contributed by atoms with van der Waals surface area (Å²) in [4.78, 5) is 27.5. The highest BCUT2D eigenvalue weighted by Crippen LogP contribution is 2.22. The molecule has 0 aromatic rings. The minimum Gasteiger partial charge on any atom is -0.366 e. The van der Waals surface area contributed by atoms with Crippen molar-refractivity contribution in [2.24, 2.45) is 0 Å². The van der Waals surface area contributed by atoms with Gasteiger partial charge in [0.2, 0.25) is 11.8 Å². The summed E-state index contributed by atoms with van der Waals surface area (Å²) in [6.45, 7) is 10.4. The lowest BCUT2D eigenvalue weighted by atomic mass is 9.98. The number of nitrogens with zero attached hydrogens (tertiary/aromatic N) is 2. The van der Waals surface area contributed by atoms with E-state index in [1.165, 1.54) is 0 Å². The van der Waals surface area contributed by atoms with Crippen LogP contribution >= 0.6 is 0 Å². The van der Waals surface area contributed by atoms with Crippen molar-refractivity contribution in [1.82, 2.24) is 9.80 Å². The summed E-state index contributed by atoms with van der Waals surface area (Å²) in [6.07, 6.45) is 0. The summed E-state index contributed by atoms with van der Waals surface area (Å²) in [5, 5.41) is 0. The topological polar surface area (TPSA) is 49.9 Å². The molecule has 0 bridgehead atoms. The zero-order chi connectivity index (χ0) is 14.1. The van der Waals surface area contributed by atoms with E-state index in [4.69, 9.17) is 4.74 Å². The molecule has 0 radical (unpaired) electrons. The van der Waals surface area contributed by atoms with Crippen LogP contribution in [0, 0.1) is 0 Å².